The standard InChI is InChI=1S/C24H25N3O7/c1-3-9-33-21-11-17(34-14-22(29)32-4-2)6-8-19(21)20(28)13-27-12-16-10-15(23(25)26-31)5-7-18(16)24(27)30/h3,5-8,10-11,31H,1,4,9,12-14H2,2H3,(H2,25,26). The van der Waals surface area contributed by atoms with E-state index in [0.717, 1.165) is 0 Å². The number of carbonyl (C=O) groups is 3. The molecule has 0 radical (unpaired) electrons. The van der Waals surface area contributed by atoms with E-state index in [1.54, 1.807) is 25.1 Å². The normalized spacial score (nSPS) is 12.8. The van der Waals surface area contributed by atoms with Crippen LogP contribution in [0.4, 0.5) is 0 Å². The van der Waals surface area contributed by atoms with Crippen molar-refractivity contribution in [1.29, 1.82) is 0 Å². The van der Waals surface area contributed by atoms with Crippen molar-refractivity contribution in [2.24, 2.45) is 10.9 Å². The van der Waals surface area contributed by atoms with Gasteiger partial charge < -0.3 is 30.1 Å². The zero-order valence-electron chi connectivity index (χ0n) is 18.7. The van der Waals surface area contributed by atoms with Crippen LogP contribution in [0.25, 0.3) is 0 Å². The van der Waals surface area contributed by atoms with Gasteiger partial charge in [-0.2, -0.15) is 0 Å². The highest BCUT2D eigenvalue weighted by Crippen LogP contribution is 2.28. The van der Waals surface area contributed by atoms with E-state index in [9.17, 15) is 14.4 Å². The highest BCUT2D eigenvalue weighted by Gasteiger charge is 2.30. The maximum atomic E-state index is 13.1. The van der Waals surface area contributed by atoms with Crippen molar-refractivity contribution >= 4 is 23.5 Å². The predicted octanol–water partition coefficient (Wildman–Crippen LogP) is 2.13. The molecule has 10 nitrogen and oxygen atoms in total. The summed E-state index contributed by atoms with van der Waals surface area (Å²) in [6.07, 6.45) is 1.53. The molecule has 0 atom stereocenters. The van der Waals surface area contributed by atoms with Crippen molar-refractivity contribution < 1.29 is 33.8 Å². The Morgan fingerprint density at radius 3 is 2.74 bits per heavy atom. The number of hydrogen-bond donors (Lipinski definition) is 2. The molecule has 0 unspecified atom stereocenters. The number of nitrogens with two attached hydrogens (primary N) is 1. The number of rotatable bonds is 11. The molecule has 0 aromatic heterocycles. The Balaban J connectivity index is 1.75. The van der Waals surface area contributed by atoms with Gasteiger partial charge in [-0.25, -0.2) is 4.79 Å². The third-order valence-corrected chi connectivity index (χ3v) is 4.99. The van der Waals surface area contributed by atoms with Gasteiger partial charge in [0.25, 0.3) is 5.91 Å². The average Bonchev–Trinajstić information content (AvgIpc) is 3.15. The number of amidine groups is 1. The van der Waals surface area contributed by atoms with Crippen LogP contribution in [0.2, 0.25) is 0 Å². The topological polar surface area (TPSA) is 141 Å². The lowest BCUT2D eigenvalue weighted by molar-refractivity contribution is -0.145. The van der Waals surface area contributed by atoms with E-state index in [1.807, 2.05) is 0 Å². The van der Waals surface area contributed by atoms with E-state index in [2.05, 4.69) is 11.7 Å². The molecule has 2 aromatic carbocycles. The summed E-state index contributed by atoms with van der Waals surface area (Å²) in [4.78, 5) is 38.8. The van der Waals surface area contributed by atoms with Crippen molar-refractivity contribution in [3.63, 3.8) is 0 Å². The lowest BCUT2D eigenvalue weighted by Crippen LogP contribution is -2.30. The van der Waals surface area contributed by atoms with Crippen LogP contribution in [-0.4, -0.2) is 60.0 Å². The summed E-state index contributed by atoms with van der Waals surface area (Å²) >= 11 is 0. The minimum absolute atomic E-state index is 0.0703. The number of benzene rings is 2. The highest BCUT2D eigenvalue weighted by atomic mass is 16.6. The number of esters is 1. The summed E-state index contributed by atoms with van der Waals surface area (Å²) in [6, 6.07) is 9.38. The predicted molar refractivity (Wildman–Crippen MR) is 122 cm³/mol. The Hall–Kier alpha value is -4.34. The van der Waals surface area contributed by atoms with Crippen molar-refractivity contribution in [3.05, 3.63) is 71.3 Å². The van der Waals surface area contributed by atoms with Crippen LogP contribution in [0.5, 0.6) is 11.5 Å². The van der Waals surface area contributed by atoms with Crippen LogP contribution in [0.1, 0.15) is 38.8 Å². The van der Waals surface area contributed by atoms with E-state index in [0.29, 0.717) is 22.4 Å². The summed E-state index contributed by atoms with van der Waals surface area (Å²) in [6.45, 7) is 5.43. The summed E-state index contributed by atoms with van der Waals surface area (Å²) in [5.41, 5.74) is 7.48. The Bertz CT molecular complexity index is 1140. The number of fused-ring (bicyclic) bond motifs is 1. The highest BCUT2D eigenvalue weighted by molar-refractivity contribution is 6.06. The van der Waals surface area contributed by atoms with Gasteiger partial charge in [-0.05, 0) is 36.8 Å². The first-order valence-electron chi connectivity index (χ1n) is 10.5. The molecule has 1 amide bonds. The monoisotopic (exact) mass is 467 g/mol. The number of oxime groups is 1. The molecule has 0 saturated carbocycles. The van der Waals surface area contributed by atoms with Crippen molar-refractivity contribution in [1.82, 2.24) is 4.90 Å². The molecular formula is C24H25N3O7. The molecule has 1 aliphatic heterocycles. The van der Waals surface area contributed by atoms with Crippen LogP contribution in [0.3, 0.4) is 0 Å². The molecule has 0 spiro atoms. The molecular weight excluding hydrogens is 442 g/mol. The number of Topliss-reactive ketones (excluding diaryl/α,β-unsaturated/α-hetero) is 1. The van der Waals surface area contributed by atoms with Gasteiger partial charge in [-0.3, -0.25) is 9.59 Å². The molecule has 0 fully saturated rings. The van der Waals surface area contributed by atoms with Crippen LogP contribution < -0.4 is 15.2 Å². The van der Waals surface area contributed by atoms with Crippen LogP contribution >= 0.6 is 0 Å². The number of ether oxygens (including phenoxy) is 3. The van der Waals surface area contributed by atoms with Gasteiger partial charge >= 0.3 is 5.97 Å². The molecule has 1 heterocycles. The quantitative estimate of drug-likeness (QED) is 0.0974. The van der Waals surface area contributed by atoms with Crippen LogP contribution in [0.15, 0.2) is 54.2 Å². The number of amides is 1. The molecule has 1 aliphatic rings. The number of ketones is 1. The zero-order valence-corrected chi connectivity index (χ0v) is 18.7. The smallest absolute Gasteiger partial charge is 0.344 e. The molecule has 0 aliphatic carbocycles. The molecule has 0 bridgehead atoms. The largest absolute Gasteiger partial charge is 0.489 e. The van der Waals surface area contributed by atoms with Gasteiger partial charge in [-0.15, -0.1) is 0 Å². The minimum atomic E-state index is -0.515. The van der Waals surface area contributed by atoms with Crippen molar-refractivity contribution in [3.8, 4) is 11.5 Å². The Labute approximate surface area is 196 Å². The Morgan fingerprint density at radius 2 is 2.03 bits per heavy atom. The first-order chi connectivity index (χ1) is 16.4. The molecule has 3 rings (SSSR count). The number of hydrogen-bond acceptors (Lipinski definition) is 8. The minimum Gasteiger partial charge on any atom is -0.489 e. The van der Waals surface area contributed by atoms with Gasteiger partial charge in [0.05, 0.1) is 18.7 Å². The van der Waals surface area contributed by atoms with Gasteiger partial charge in [0.15, 0.2) is 18.2 Å². The van der Waals surface area contributed by atoms with E-state index in [4.69, 9.17) is 25.2 Å². The summed E-state index contributed by atoms with van der Waals surface area (Å²) < 4.78 is 15.9. The van der Waals surface area contributed by atoms with Crippen LogP contribution in [0, 0.1) is 0 Å². The Kier molecular flexibility index (Phi) is 7.86. The second-order valence-corrected chi connectivity index (χ2v) is 7.29. The fourth-order valence-corrected chi connectivity index (χ4v) is 3.42. The summed E-state index contributed by atoms with van der Waals surface area (Å²) in [5, 5.41) is 11.8. The maximum absolute atomic E-state index is 13.1. The molecule has 0 saturated heterocycles. The number of nitrogens with zero attached hydrogens (tertiary/aromatic N) is 2. The average molecular weight is 467 g/mol. The van der Waals surface area contributed by atoms with Gasteiger partial charge in [-0.1, -0.05) is 23.9 Å². The van der Waals surface area contributed by atoms with Gasteiger partial charge in [0, 0.05) is 23.7 Å². The maximum Gasteiger partial charge on any atom is 0.344 e. The Morgan fingerprint density at radius 1 is 1.24 bits per heavy atom. The van der Waals surface area contributed by atoms with E-state index in [-0.39, 0.29) is 61.7 Å². The second-order valence-electron chi connectivity index (χ2n) is 7.29. The van der Waals surface area contributed by atoms with E-state index < -0.39 is 5.97 Å². The summed E-state index contributed by atoms with van der Waals surface area (Å²) in [7, 11) is 0. The third kappa shape index (κ3) is 5.52. The lowest BCUT2D eigenvalue weighted by atomic mass is 10.1. The second kappa shape index (κ2) is 11.0. The molecule has 2 aromatic rings. The molecule has 10 heteroatoms. The zero-order chi connectivity index (χ0) is 24.7. The first-order valence-corrected chi connectivity index (χ1v) is 10.5. The fourth-order valence-electron chi connectivity index (χ4n) is 3.42. The molecule has 34 heavy (non-hydrogen) atoms. The lowest BCUT2D eigenvalue weighted by Gasteiger charge is -2.17. The number of carbonyl (C=O) groups excluding carboxylic acids is 3. The summed E-state index contributed by atoms with van der Waals surface area (Å²) in [5.74, 6) is -0.655. The van der Waals surface area contributed by atoms with E-state index in [1.165, 1.54) is 29.2 Å². The van der Waals surface area contributed by atoms with Gasteiger partial charge in [0.1, 0.15) is 18.1 Å². The third-order valence-electron chi connectivity index (χ3n) is 4.99. The van der Waals surface area contributed by atoms with Gasteiger partial charge in [0.2, 0.25) is 0 Å². The fraction of sp³-hybridized carbons (Fsp3) is 0.250. The molecule has 178 valence electrons. The van der Waals surface area contributed by atoms with Crippen molar-refractivity contribution in [2.45, 2.75) is 13.5 Å². The van der Waals surface area contributed by atoms with Crippen LogP contribution in [-0.2, 0) is 16.1 Å². The SMILES string of the molecule is C=CCOc1cc(OCC(=O)OCC)ccc1C(=O)CN1Cc2cc(/C(N)=N\O)ccc2C1=O. The van der Waals surface area contributed by atoms with E-state index >= 15 is 0 Å². The first kappa shape index (κ1) is 24.3. The van der Waals surface area contributed by atoms with Crippen molar-refractivity contribution in [2.75, 3.05) is 26.4 Å². The molecule has 3 N–H and O–H groups in total.